The lowest BCUT2D eigenvalue weighted by Crippen LogP contribution is -2.10. The smallest absolute Gasteiger partial charge is 0.229 e. The minimum Gasteiger partial charge on any atom is -0.494 e. The fourth-order valence-corrected chi connectivity index (χ4v) is 4.05. The zero-order chi connectivity index (χ0) is 24.3. The molecule has 4 rings (SSSR count). The summed E-state index contributed by atoms with van der Waals surface area (Å²) in [4.78, 5) is 10.3. The van der Waals surface area contributed by atoms with Gasteiger partial charge in [-0.3, -0.25) is 4.72 Å². The monoisotopic (exact) mass is 475 g/mol. The predicted molar refractivity (Wildman–Crippen MR) is 132 cm³/mol. The van der Waals surface area contributed by atoms with Gasteiger partial charge in [0.05, 0.1) is 35.8 Å². The molecule has 13 heteroatoms. The summed E-state index contributed by atoms with van der Waals surface area (Å²) in [5.41, 5.74) is 21.1. The molecule has 1 aromatic heterocycles. The molecule has 0 saturated carbocycles. The van der Waals surface area contributed by atoms with Crippen LogP contribution in [0.5, 0.6) is 5.75 Å². The van der Waals surface area contributed by atoms with Crippen LogP contribution in [0.2, 0.25) is 0 Å². The van der Waals surface area contributed by atoms with Gasteiger partial charge in [-0.1, -0.05) is 34.5 Å². The highest BCUT2D eigenvalue weighted by Gasteiger charge is 2.13. The molecule has 0 atom stereocenters. The minimum atomic E-state index is -3.48. The van der Waals surface area contributed by atoms with Crippen molar-refractivity contribution >= 4 is 60.3 Å². The van der Waals surface area contributed by atoms with E-state index >= 15 is 0 Å². The summed E-state index contributed by atoms with van der Waals surface area (Å²) in [5.74, 6) is 0.328. The van der Waals surface area contributed by atoms with Gasteiger partial charge in [-0.2, -0.15) is 0 Å². The molecular weight excluding hydrogens is 458 g/mol. The molecular formula is C21H17N9O3S. The summed E-state index contributed by atoms with van der Waals surface area (Å²) < 4.78 is 31.0. The van der Waals surface area contributed by atoms with Crippen LogP contribution >= 0.6 is 0 Å². The number of nitrogens with zero attached hydrogens (tertiary/aromatic N) is 7. The Balaban J connectivity index is 1.90. The maximum Gasteiger partial charge on any atom is 0.229 e. The van der Waals surface area contributed by atoms with Gasteiger partial charge in [0.25, 0.3) is 0 Å². The third-order valence-corrected chi connectivity index (χ3v) is 5.42. The first-order valence-corrected chi connectivity index (χ1v) is 11.6. The first-order chi connectivity index (χ1) is 16.3. The highest BCUT2D eigenvalue weighted by Crippen LogP contribution is 2.38. The van der Waals surface area contributed by atoms with E-state index in [1.54, 1.807) is 54.6 Å². The maximum atomic E-state index is 11.6. The molecule has 0 radical (unpaired) electrons. The number of hydrogen-bond acceptors (Lipinski definition) is 7. The molecule has 170 valence electrons. The molecule has 3 aromatic carbocycles. The number of hydrogen-bond donors (Lipinski definition) is 2. The number of azide groups is 2. The van der Waals surface area contributed by atoms with Gasteiger partial charge in [-0.15, -0.1) is 0 Å². The minimum absolute atomic E-state index is 0.304. The number of benzene rings is 3. The topological polar surface area (TPSA) is 178 Å². The fourth-order valence-electron chi connectivity index (χ4n) is 3.48. The number of aromatic nitrogens is 1. The number of nitrogens with one attached hydrogen (secondary N) is 2. The zero-order valence-corrected chi connectivity index (χ0v) is 18.8. The van der Waals surface area contributed by atoms with Gasteiger partial charge in [-0.25, -0.2) is 13.4 Å². The fraction of sp³-hybridized carbons (Fsp3) is 0.0952. The second-order valence-corrected chi connectivity index (χ2v) is 8.93. The first kappa shape index (κ1) is 22.5. The van der Waals surface area contributed by atoms with E-state index in [2.05, 4.69) is 35.1 Å². The molecule has 12 nitrogen and oxygen atoms in total. The Bertz CT molecular complexity index is 1560. The molecule has 1 heterocycles. The van der Waals surface area contributed by atoms with Crippen LogP contribution < -0.4 is 14.8 Å². The highest BCUT2D eigenvalue weighted by atomic mass is 32.2. The highest BCUT2D eigenvalue weighted by molar-refractivity contribution is 7.92. The first-order valence-electron chi connectivity index (χ1n) is 9.72. The molecule has 4 aromatic rings. The second-order valence-electron chi connectivity index (χ2n) is 7.18. The van der Waals surface area contributed by atoms with Crippen molar-refractivity contribution in [3.05, 3.63) is 75.5 Å². The Kier molecular flexibility index (Phi) is 5.98. The van der Waals surface area contributed by atoms with Gasteiger partial charge in [0.15, 0.2) is 0 Å². The van der Waals surface area contributed by atoms with Crippen LogP contribution in [0.3, 0.4) is 0 Å². The van der Waals surface area contributed by atoms with Crippen molar-refractivity contribution in [3.63, 3.8) is 0 Å². The average molecular weight is 475 g/mol. The van der Waals surface area contributed by atoms with Crippen LogP contribution in [0.4, 0.5) is 28.4 Å². The molecule has 0 amide bonds. The van der Waals surface area contributed by atoms with Gasteiger partial charge in [0.1, 0.15) is 5.75 Å². The summed E-state index contributed by atoms with van der Waals surface area (Å²) in [6.07, 6.45) is 1.06. The van der Waals surface area contributed by atoms with Crippen LogP contribution in [-0.4, -0.2) is 26.8 Å². The number of ether oxygens (including phenoxy) is 1. The maximum absolute atomic E-state index is 11.6. The molecule has 2 N–H and O–H groups in total. The molecule has 0 aliphatic heterocycles. The van der Waals surface area contributed by atoms with E-state index in [1.807, 2.05) is 0 Å². The van der Waals surface area contributed by atoms with Crippen molar-refractivity contribution in [1.82, 2.24) is 4.98 Å². The lowest BCUT2D eigenvalue weighted by molar-refractivity contribution is 0.417. The standard InChI is InChI=1S/C21H17N9O3S/c1-33-20-11-12(5-8-17(20)28-34(2,31)32)24-21-15-6-3-13(26-29-22)9-18(15)25-19-10-14(27-30-23)4-7-16(19)21/h3-11,28H,1-2H3,(H,24,25). The van der Waals surface area contributed by atoms with Gasteiger partial charge in [0.2, 0.25) is 10.0 Å². The Morgan fingerprint density at radius 1 is 0.912 bits per heavy atom. The van der Waals surface area contributed by atoms with Crippen molar-refractivity contribution < 1.29 is 13.2 Å². The third kappa shape index (κ3) is 4.71. The van der Waals surface area contributed by atoms with Gasteiger partial charge in [0, 0.05) is 43.7 Å². The summed E-state index contributed by atoms with van der Waals surface area (Å²) in [6, 6.07) is 15.2. The van der Waals surface area contributed by atoms with E-state index in [-0.39, 0.29) is 0 Å². The lowest BCUT2D eigenvalue weighted by atomic mass is 10.1. The number of anilines is 3. The van der Waals surface area contributed by atoms with Crippen molar-refractivity contribution in [2.75, 3.05) is 23.4 Å². The van der Waals surface area contributed by atoms with Crippen LogP contribution in [0.1, 0.15) is 0 Å². The molecule has 0 saturated heterocycles. The predicted octanol–water partition coefficient (Wildman–Crippen LogP) is 6.40. The molecule has 0 aliphatic carbocycles. The number of pyridine rings is 1. The Morgan fingerprint density at radius 3 is 2.00 bits per heavy atom. The van der Waals surface area contributed by atoms with E-state index in [4.69, 9.17) is 15.8 Å². The van der Waals surface area contributed by atoms with E-state index < -0.39 is 10.0 Å². The van der Waals surface area contributed by atoms with Gasteiger partial charge in [-0.05, 0) is 35.3 Å². The Morgan fingerprint density at radius 2 is 1.50 bits per heavy atom. The van der Waals surface area contributed by atoms with Crippen molar-refractivity contribution in [2.45, 2.75) is 0 Å². The van der Waals surface area contributed by atoms with Crippen molar-refractivity contribution in [1.29, 1.82) is 0 Å². The number of rotatable bonds is 7. The summed E-state index contributed by atoms with van der Waals surface area (Å²) in [6.45, 7) is 0. The number of methoxy groups -OCH3 is 1. The van der Waals surface area contributed by atoms with Gasteiger partial charge >= 0.3 is 0 Å². The molecule has 0 unspecified atom stereocenters. The summed E-state index contributed by atoms with van der Waals surface area (Å²) in [7, 11) is -2.04. The Labute approximate surface area is 193 Å². The molecule has 0 aliphatic rings. The third-order valence-electron chi connectivity index (χ3n) is 4.83. The zero-order valence-electron chi connectivity index (χ0n) is 18.0. The average Bonchev–Trinajstić information content (AvgIpc) is 2.79. The Hall–Kier alpha value is -4.70. The van der Waals surface area contributed by atoms with E-state index in [1.165, 1.54) is 7.11 Å². The molecule has 0 fully saturated rings. The number of fused-ring (bicyclic) bond motifs is 2. The van der Waals surface area contributed by atoms with Crippen LogP contribution in [0, 0.1) is 0 Å². The van der Waals surface area contributed by atoms with E-state index in [0.29, 0.717) is 45.2 Å². The lowest BCUT2D eigenvalue weighted by Gasteiger charge is -2.16. The van der Waals surface area contributed by atoms with Crippen LogP contribution in [-0.2, 0) is 10.0 Å². The van der Waals surface area contributed by atoms with Crippen LogP contribution in [0.15, 0.2) is 64.8 Å². The molecule has 0 spiro atoms. The van der Waals surface area contributed by atoms with Crippen molar-refractivity contribution in [2.24, 2.45) is 10.2 Å². The van der Waals surface area contributed by atoms with E-state index in [9.17, 15) is 8.42 Å². The summed E-state index contributed by atoms with van der Waals surface area (Å²) >= 11 is 0. The summed E-state index contributed by atoms with van der Waals surface area (Å²) in [5, 5.41) is 12.1. The SMILES string of the molecule is COc1cc(Nc2c3ccc(N=[N+]=[N-])cc3nc3cc(N=[N+]=[N-])ccc23)ccc1NS(C)(=O)=O. The molecule has 0 bridgehead atoms. The largest absolute Gasteiger partial charge is 0.494 e. The van der Waals surface area contributed by atoms with E-state index in [0.717, 1.165) is 17.0 Å². The normalized spacial score (nSPS) is 10.9. The second kappa shape index (κ2) is 9.04. The number of sulfonamides is 1. The van der Waals surface area contributed by atoms with Crippen LogP contribution in [0.25, 0.3) is 42.7 Å². The van der Waals surface area contributed by atoms with Gasteiger partial charge < -0.3 is 10.1 Å². The van der Waals surface area contributed by atoms with Crippen molar-refractivity contribution in [3.8, 4) is 5.75 Å². The molecule has 34 heavy (non-hydrogen) atoms. The quantitative estimate of drug-likeness (QED) is 0.136.